The lowest BCUT2D eigenvalue weighted by atomic mass is 9.70. The van der Waals surface area contributed by atoms with Crippen LogP contribution >= 0.6 is 0 Å². The Hall–Kier alpha value is -9.54. The van der Waals surface area contributed by atoms with Gasteiger partial charge >= 0.3 is 11.9 Å². The van der Waals surface area contributed by atoms with E-state index >= 15 is 0 Å². The van der Waals surface area contributed by atoms with Crippen molar-refractivity contribution in [2.45, 2.75) is 149 Å². The van der Waals surface area contributed by atoms with Gasteiger partial charge in [0.05, 0.1) is 0 Å². The van der Waals surface area contributed by atoms with E-state index in [9.17, 15) is 28.8 Å². The summed E-state index contributed by atoms with van der Waals surface area (Å²) in [4.78, 5) is 88.7. The number of hydrogen-bond donors (Lipinski definition) is 0. The summed E-state index contributed by atoms with van der Waals surface area (Å²) in [5.74, 6) is -1.62. The van der Waals surface area contributed by atoms with Gasteiger partial charge in [0.25, 0.3) is 23.6 Å². The predicted molar refractivity (Wildman–Crippen MR) is 366 cm³/mol. The number of imide groups is 2. The zero-order valence-corrected chi connectivity index (χ0v) is 53.3. The highest BCUT2D eigenvalue weighted by molar-refractivity contribution is 6.41. The maximum absolute atomic E-state index is 14.3. The van der Waals surface area contributed by atoms with Gasteiger partial charge in [0.1, 0.15) is 11.2 Å². The topological polar surface area (TPSA) is 127 Å². The van der Waals surface area contributed by atoms with Gasteiger partial charge in [-0.2, -0.15) is 0 Å². The second-order valence-corrected chi connectivity index (χ2v) is 27.6. The van der Waals surface area contributed by atoms with Crippen LogP contribution in [0.2, 0.25) is 0 Å². The standard InChI is InChI=1S/C81H72N2O8/c1-11-45(12-2)82-75(86)61-33-29-57-53-19-15-17-51-47(25-27-55(69(51)53)59-31-35-63(77(82)88)73(61)71(57)59)43-21-23-49-50-24-22-44(42-66(50)81(65(49)41-43,39-37-67(84)90-79(5,6)7)40-38-68(85)91-80(8,9)10)48-26-28-56-60-32-36-64-74-62(76(87)83(78(64)89)46(13-3)14-4)34-30-58(72(60)74)54-20-16-18-52(48)70(54)56/h15-36,41-42,45-46H,11-14,37-40H2,1-10H3. The van der Waals surface area contributed by atoms with Gasteiger partial charge in [0.2, 0.25) is 0 Å². The molecule has 0 radical (unpaired) electrons. The fourth-order valence-corrected chi connectivity index (χ4v) is 16.4. The number of fused-ring (bicyclic) bond motifs is 7. The lowest BCUT2D eigenvalue weighted by Gasteiger charge is -2.34. The molecule has 0 unspecified atom stereocenters. The molecule has 2 aliphatic heterocycles. The summed E-state index contributed by atoms with van der Waals surface area (Å²) in [5, 5.41) is 15.5. The van der Waals surface area contributed by atoms with E-state index in [1.807, 2.05) is 93.5 Å². The number of carbonyl (C=O) groups excluding carboxylic acids is 6. The van der Waals surface area contributed by atoms with Crippen LogP contribution in [-0.4, -0.2) is 68.7 Å². The Bertz CT molecular complexity index is 4720. The van der Waals surface area contributed by atoms with Gasteiger partial charge in [-0.15, -0.1) is 0 Å². The average molecular weight is 1200 g/mol. The molecule has 0 atom stereocenters. The number of amides is 4. The second kappa shape index (κ2) is 20.8. The third kappa shape index (κ3) is 8.57. The van der Waals surface area contributed by atoms with Crippen molar-refractivity contribution in [2.75, 3.05) is 0 Å². The molecule has 0 fully saturated rings. The van der Waals surface area contributed by atoms with Crippen LogP contribution in [-0.2, 0) is 24.5 Å². The Labute approximate surface area is 528 Å². The number of nitrogens with zero attached hydrogens (tertiary/aromatic N) is 2. The number of carbonyl (C=O) groups is 6. The maximum atomic E-state index is 14.3. The Kier molecular flexibility index (Phi) is 13.2. The van der Waals surface area contributed by atoms with Gasteiger partial charge < -0.3 is 9.47 Å². The quantitative estimate of drug-likeness (QED) is 0.0456. The largest absolute Gasteiger partial charge is 0.460 e. The number of benzene rings is 12. The molecule has 12 aromatic rings. The van der Waals surface area contributed by atoms with E-state index in [0.717, 1.165) is 120 Å². The average Bonchev–Trinajstić information content (AvgIpc) is 0.781. The SMILES string of the molecule is CCC(CC)N1C(=O)c2ccc3c4cccc5c(-c6ccc7c(c6)C(CCC(=O)OC(C)(C)C)(CCC(=O)OC(C)(C)C)c6cc(-c8ccc9c%10ccc%11c%12c(ccc(c%13cccc8c%139)c%12%10)C(=O)N(C(CC)CC)C%11=O)ccc6-7)ccc(c6ccc(c2c36)C1=O)c54. The predicted octanol–water partition coefficient (Wildman–Crippen LogP) is 19.2. The minimum absolute atomic E-state index is 0.0870. The Morgan fingerprint density at radius 2 is 0.648 bits per heavy atom. The van der Waals surface area contributed by atoms with Gasteiger partial charge in [0.15, 0.2) is 0 Å². The molecule has 2 heterocycles. The summed E-state index contributed by atoms with van der Waals surface area (Å²) < 4.78 is 12.1. The zero-order valence-electron chi connectivity index (χ0n) is 53.3. The minimum Gasteiger partial charge on any atom is -0.460 e. The molecule has 0 spiro atoms. The van der Waals surface area contributed by atoms with Crippen molar-refractivity contribution in [1.82, 2.24) is 9.80 Å². The molecule has 3 aliphatic rings. The maximum Gasteiger partial charge on any atom is 0.306 e. The van der Waals surface area contributed by atoms with Crippen LogP contribution in [0.1, 0.15) is 173 Å². The van der Waals surface area contributed by atoms with Gasteiger partial charge in [-0.1, -0.05) is 137 Å². The van der Waals surface area contributed by atoms with Crippen molar-refractivity contribution >= 4 is 122 Å². The Morgan fingerprint density at radius 3 is 0.967 bits per heavy atom. The third-order valence-corrected chi connectivity index (χ3v) is 20.3. The van der Waals surface area contributed by atoms with Gasteiger partial charge in [0, 0.05) is 63.4 Å². The number of rotatable bonds is 14. The first kappa shape index (κ1) is 57.9. The highest BCUT2D eigenvalue weighted by Gasteiger charge is 2.46. The number of esters is 2. The zero-order chi connectivity index (χ0) is 63.5. The normalized spacial score (nSPS) is 14.8. The molecule has 0 aromatic heterocycles. The van der Waals surface area contributed by atoms with Crippen molar-refractivity contribution < 1.29 is 38.2 Å². The third-order valence-electron chi connectivity index (χ3n) is 20.3. The van der Waals surface area contributed by atoms with Crippen LogP contribution in [0.15, 0.2) is 146 Å². The van der Waals surface area contributed by atoms with E-state index < -0.39 is 16.6 Å². The molecule has 12 aromatic carbocycles. The van der Waals surface area contributed by atoms with Crippen LogP contribution in [0.5, 0.6) is 0 Å². The van der Waals surface area contributed by atoms with E-state index in [-0.39, 0.29) is 60.5 Å². The van der Waals surface area contributed by atoms with Crippen molar-refractivity contribution in [3.8, 4) is 33.4 Å². The van der Waals surface area contributed by atoms with Crippen molar-refractivity contribution in [1.29, 1.82) is 0 Å². The van der Waals surface area contributed by atoms with E-state index in [1.54, 1.807) is 0 Å². The molecular weight excluding hydrogens is 1130 g/mol. The van der Waals surface area contributed by atoms with Crippen LogP contribution < -0.4 is 0 Å². The van der Waals surface area contributed by atoms with Gasteiger partial charge in [-0.25, -0.2) is 0 Å². The minimum atomic E-state index is -0.884. The lowest BCUT2D eigenvalue weighted by Crippen LogP contribution is -2.46. The molecule has 0 saturated carbocycles. The highest BCUT2D eigenvalue weighted by Crippen LogP contribution is 2.57. The monoisotopic (exact) mass is 1200 g/mol. The van der Waals surface area contributed by atoms with E-state index in [4.69, 9.17) is 9.47 Å². The van der Waals surface area contributed by atoms with Crippen LogP contribution in [0.3, 0.4) is 0 Å². The van der Waals surface area contributed by atoms with Crippen LogP contribution in [0.4, 0.5) is 0 Å². The van der Waals surface area contributed by atoms with E-state index in [0.29, 0.717) is 71.6 Å². The van der Waals surface area contributed by atoms with Crippen LogP contribution in [0, 0.1) is 0 Å². The van der Waals surface area contributed by atoms with E-state index in [2.05, 4.69) is 121 Å². The van der Waals surface area contributed by atoms with Crippen molar-refractivity contribution in [2.24, 2.45) is 0 Å². The first-order valence-electron chi connectivity index (χ1n) is 32.5. The van der Waals surface area contributed by atoms with Gasteiger partial charge in [-0.3, -0.25) is 38.6 Å². The summed E-state index contributed by atoms with van der Waals surface area (Å²) in [6.45, 7) is 19.4. The summed E-state index contributed by atoms with van der Waals surface area (Å²) in [6.07, 6.45) is 3.59. The number of ether oxygens (including phenoxy) is 2. The summed E-state index contributed by atoms with van der Waals surface area (Å²) in [6, 6.07) is 50.4. The fraction of sp³-hybridized carbons (Fsp3) is 0.284. The summed E-state index contributed by atoms with van der Waals surface area (Å²) >= 11 is 0. The van der Waals surface area contributed by atoms with Crippen LogP contribution in [0.25, 0.3) is 120 Å². The van der Waals surface area contributed by atoms with Crippen molar-refractivity contribution in [3.05, 3.63) is 179 Å². The molecule has 15 rings (SSSR count). The Balaban J connectivity index is 0.902. The fourth-order valence-electron chi connectivity index (χ4n) is 16.4. The highest BCUT2D eigenvalue weighted by atomic mass is 16.6. The molecule has 1 aliphatic carbocycles. The smallest absolute Gasteiger partial charge is 0.306 e. The molecule has 0 saturated heterocycles. The summed E-state index contributed by atoms with van der Waals surface area (Å²) in [7, 11) is 0. The molecule has 91 heavy (non-hydrogen) atoms. The molecule has 4 amide bonds. The molecular formula is C81H72N2O8. The second-order valence-electron chi connectivity index (χ2n) is 27.6. The van der Waals surface area contributed by atoms with Gasteiger partial charge in [-0.05, 0) is 236 Å². The van der Waals surface area contributed by atoms with E-state index in [1.165, 1.54) is 9.80 Å². The molecule has 454 valence electrons. The number of hydrogen-bond acceptors (Lipinski definition) is 8. The molecule has 0 N–H and O–H groups in total. The molecule has 10 heteroatoms. The first-order valence-corrected chi connectivity index (χ1v) is 32.5. The summed E-state index contributed by atoms with van der Waals surface area (Å²) in [5.41, 5.74) is 7.95. The Morgan fingerprint density at radius 1 is 0.363 bits per heavy atom. The molecule has 0 bridgehead atoms. The van der Waals surface area contributed by atoms with Crippen molar-refractivity contribution in [3.63, 3.8) is 0 Å². The molecule has 10 nitrogen and oxygen atoms in total. The lowest BCUT2D eigenvalue weighted by molar-refractivity contribution is -0.155. The first-order chi connectivity index (χ1) is 43.7.